The number of ether oxygens (including phenoxy) is 5. The van der Waals surface area contributed by atoms with Crippen LogP contribution in [0.3, 0.4) is 0 Å². The highest BCUT2D eigenvalue weighted by atomic mass is 16.6. The lowest BCUT2D eigenvalue weighted by molar-refractivity contribution is 0.0632. The van der Waals surface area contributed by atoms with E-state index < -0.39 is 20.2 Å². The van der Waals surface area contributed by atoms with Gasteiger partial charge < -0.3 is 39.4 Å². The number of hydrogen-bond donors (Lipinski definition) is 3. The number of aliphatic hydroxyl groups is 1. The lowest BCUT2D eigenvalue weighted by Gasteiger charge is -2.29. The van der Waals surface area contributed by atoms with E-state index in [9.17, 15) is 5.11 Å². The van der Waals surface area contributed by atoms with Crippen molar-refractivity contribution < 1.29 is 37.0 Å². The summed E-state index contributed by atoms with van der Waals surface area (Å²) in [6.07, 6.45) is 3.70. The molecule has 3 fully saturated rings. The Morgan fingerprint density at radius 1 is 0.868 bits per heavy atom. The molecule has 3 heterocycles. The first kappa shape index (κ1) is 22.3. The fraction of sp³-hybridized carbons (Fsp3) is 0.586. The van der Waals surface area contributed by atoms with Crippen molar-refractivity contribution in [2.75, 3.05) is 79.7 Å². The SMILES string of the molecule is C1CCNCC1.[2H]C([2H])([2H])Oc1ccccc1OCC(O)CN1CCNCC1.[2H]C([2H])([2H])Oc1ccccc1OCC1CO1. The zero-order chi connectivity index (χ0) is 31.8. The maximum atomic E-state index is 10.0. The van der Waals surface area contributed by atoms with Crippen molar-refractivity contribution in [1.29, 1.82) is 0 Å². The van der Waals surface area contributed by atoms with Crippen molar-refractivity contribution in [2.45, 2.75) is 31.5 Å². The molecule has 3 aliphatic heterocycles. The van der Waals surface area contributed by atoms with Gasteiger partial charge >= 0.3 is 0 Å². The van der Waals surface area contributed by atoms with E-state index in [1.54, 1.807) is 42.5 Å². The lowest BCUT2D eigenvalue weighted by atomic mass is 10.2. The third-order valence-corrected chi connectivity index (χ3v) is 6.06. The number of β-amino-alcohol motifs (C(OH)–C–C–N with tert-alkyl or cyclic N) is 1. The molecule has 0 aliphatic carbocycles. The normalized spacial score (nSPS) is 22.5. The van der Waals surface area contributed by atoms with Gasteiger partial charge in [-0.2, -0.15) is 0 Å². The molecule has 0 saturated carbocycles. The third kappa shape index (κ3) is 11.9. The van der Waals surface area contributed by atoms with Crippen LogP contribution in [0.15, 0.2) is 48.5 Å². The van der Waals surface area contributed by atoms with E-state index >= 15 is 0 Å². The Morgan fingerprint density at radius 3 is 1.92 bits per heavy atom. The number of rotatable bonds is 10. The maximum Gasteiger partial charge on any atom is 0.161 e. The maximum absolute atomic E-state index is 10.0. The predicted molar refractivity (Wildman–Crippen MR) is 149 cm³/mol. The van der Waals surface area contributed by atoms with Gasteiger partial charge in [0.25, 0.3) is 0 Å². The molecule has 9 heteroatoms. The Balaban J connectivity index is 0.000000208. The van der Waals surface area contributed by atoms with E-state index in [1.807, 2.05) is 0 Å². The van der Waals surface area contributed by atoms with Crippen molar-refractivity contribution in [3.8, 4) is 23.0 Å². The summed E-state index contributed by atoms with van der Waals surface area (Å²) in [4.78, 5) is 2.16. The van der Waals surface area contributed by atoms with Crippen LogP contribution in [0, 0.1) is 0 Å². The summed E-state index contributed by atoms with van der Waals surface area (Å²) in [5, 5.41) is 16.6. The van der Waals surface area contributed by atoms with Crippen LogP contribution >= 0.6 is 0 Å². The van der Waals surface area contributed by atoms with Crippen LogP contribution < -0.4 is 29.6 Å². The fourth-order valence-electron chi connectivity index (χ4n) is 3.89. The standard InChI is InChI=1S/C14H22N2O3.C10H12O3.C5H11N/c1-18-13-4-2-3-5-14(13)19-11-12(17)10-16-8-6-15-7-9-16;1-11-9-4-2-3-5-10(9)13-7-8-6-12-8;1-2-4-6-5-3-1/h2-5,12,15,17H,6-11H2,1H3;2-5,8H,6-7H2,1H3;6H,1-5H2/i2*1D3;. The van der Waals surface area contributed by atoms with Crippen LogP contribution in [0.1, 0.15) is 27.5 Å². The first-order valence-corrected chi connectivity index (χ1v) is 13.2. The summed E-state index contributed by atoms with van der Waals surface area (Å²) in [6.45, 7) is 7.87. The second kappa shape index (κ2) is 17.9. The Hall–Kier alpha value is -2.56. The van der Waals surface area contributed by atoms with E-state index in [0.29, 0.717) is 31.3 Å². The van der Waals surface area contributed by atoms with Gasteiger partial charge in [0.05, 0.1) is 28.9 Å². The number of benzene rings is 2. The first-order valence-electron chi connectivity index (χ1n) is 16.2. The summed E-state index contributed by atoms with van der Waals surface area (Å²) in [7, 11) is -4.99. The second-order valence-electron chi connectivity index (χ2n) is 9.19. The zero-order valence-electron chi connectivity index (χ0n) is 27.9. The van der Waals surface area contributed by atoms with Gasteiger partial charge in [0.1, 0.15) is 25.4 Å². The van der Waals surface area contributed by atoms with E-state index in [4.69, 9.17) is 31.9 Å². The number of aliphatic hydroxyl groups excluding tert-OH is 1. The summed E-state index contributed by atoms with van der Waals surface area (Å²) < 4.78 is 68.1. The van der Waals surface area contributed by atoms with E-state index in [2.05, 4.69) is 15.5 Å². The molecule has 3 N–H and O–H groups in total. The highest BCUT2D eigenvalue weighted by Crippen LogP contribution is 2.27. The molecule has 9 nitrogen and oxygen atoms in total. The first-order chi connectivity index (χ1) is 21.0. The molecule has 3 saturated heterocycles. The topological polar surface area (TPSA) is 97.0 Å². The van der Waals surface area contributed by atoms with Crippen LogP contribution in [0.2, 0.25) is 0 Å². The number of piperazine rings is 1. The van der Waals surface area contributed by atoms with Crippen LogP contribution in [0.5, 0.6) is 23.0 Å². The van der Waals surface area contributed by atoms with Crippen molar-refractivity contribution in [3.63, 3.8) is 0 Å². The lowest BCUT2D eigenvalue weighted by Crippen LogP contribution is -2.47. The summed E-state index contributed by atoms with van der Waals surface area (Å²) in [5.41, 5.74) is 0. The highest BCUT2D eigenvalue weighted by molar-refractivity contribution is 5.40. The molecule has 5 rings (SSSR count). The molecule has 0 radical (unpaired) electrons. The number of para-hydroxylation sites is 4. The largest absolute Gasteiger partial charge is 0.493 e. The average Bonchev–Trinajstić information content (AvgIpc) is 3.82. The van der Waals surface area contributed by atoms with Crippen LogP contribution in [-0.4, -0.2) is 102 Å². The van der Waals surface area contributed by atoms with Crippen LogP contribution in [0.4, 0.5) is 0 Å². The Morgan fingerprint density at radius 2 is 1.42 bits per heavy atom. The smallest absolute Gasteiger partial charge is 0.161 e. The van der Waals surface area contributed by atoms with Gasteiger partial charge in [0, 0.05) is 32.7 Å². The molecular formula is C29H45N3O6. The number of hydrogen-bond acceptors (Lipinski definition) is 9. The average molecular weight is 538 g/mol. The Labute approximate surface area is 235 Å². The molecule has 2 unspecified atom stereocenters. The van der Waals surface area contributed by atoms with Gasteiger partial charge in [-0.05, 0) is 50.2 Å². The molecule has 2 aromatic carbocycles. The van der Waals surface area contributed by atoms with Crippen molar-refractivity contribution >= 4 is 0 Å². The predicted octanol–water partition coefficient (Wildman–Crippen LogP) is 2.57. The summed E-state index contributed by atoms with van der Waals surface area (Å²) in [5.74, 6) is 1.12. The minimum Gasteiger partial charge on any atom is -0.493 e. The quantitative estimate of drug-likeness (QED) is 0.395. The van der Waals surface area contributed by atoms with E-state index in [0.717, 1.165) is 26.2 Å². The van der Waals surface area contributed by atoms with Crippen molar-refractivity contribution in [2.24, 2.45) is 0 Å². The van der Waals surface area contributed by atoms with Gasteiger partial charge in [-0.25, -0.2) is 0 Å². The summed E-state index contributed by atoms with van der Waals surface area (Å²) >= 11 is 0. The zero-order valence-corrected chi connectivity index (χ0v) is 21.9. The number of nitrogens with one attached hydrogen (secondary N) is 2. The summed E-state index contributed by atoms with van der Waals surface area (Å²) in [6, 6.07) is 13.2. The molecule has 0 amide bonds. The molecule has 2 atom stereocenters. The van der Waals surface area contributed by atoms with Gasteiger partial charge in [-0.3, -0.25) is 4.90 Å². The fourth-order valence-corrected chi connectivity index (χ4v) is 3.89. The van der Waals surface area contributed by atoms with Gasteiger partial charge in [-0.15, -0.1) is 0 Å². The van der Waals surface area contributed by atoms with Gasteiger partial charge in [0.15, 0.2) is 23.0 Å². The highest BCUT2D eigenvalue weighted by Gasteiger charge is 2.23. The number of methoxy groups -OCH3 is 2. The molecule has 0 aromatic heterocycles. The number of nitrogens with zero attached hydrogens (tertiary/aromatic N) is 1. The molecule has 38 heavy (non-hydrogen) atoms. The third-order valence-electron chi connectivity index (χ3n) is 6.06. The minimum atomic E-state index is -2.53. The van der Waals surface area contributed by atoms with Crippen molar-refractivity contribution in [1.82, 2.24) is 15.5 Å². The van der Waals surface area contributed by atoms with Gasteiger partial charge in [0.2, 0.25) is 0 Å². The molecule has 212 valence electrons. The molecule has 3 aliphatic rings. The van der Waals surface area contributed by atoms with Crippen molar-refractivity contribution in [3.05, 3.63) is 48.5 Å². The number of epoxide rings is 1. The molecule has 0 spiro atoms. The second-order valence-corrected chi connectivity index (χ2v) is 9.19. The van der Waals surface area contributed by atoms with Gasteiger partial charge in [-0.1, -0.05) is 30.7 Å². The van der Waals surface area contributed by atoms with Crippen LogP contribution in [0.25, 0.3) is 0 Å². The monoisotopic (exact) mass is 537 g/mol. The molecule has 0 bridgehead atoms. The Kier molecular flexibility index (Phi) is 10.5. The number of piperidine rings is 1. The Bertz CT molecular complexity index is 1070. The minimum absolute atomic E-state index is 0.0886. The molecular weight excluding hydrogens is 486 g/mol. The van der Waals surface area contributed by atoms with E-state index in [-0.39, 0.29) is 24.2 Å². The van der Waals surface area contributed by atoms with E-state index in [1.165, 1.54) is 38.4 Å². The molecule has 2 aromatic rings. The van der Waals surface area contributed by atoms with Crippen LogP contribution in [-0.2, 0) is 4.74 Å².